The topological polar surface area (TPSA) is 115 Å². The Labute approximate surface area is 124 Å². The lowest BCUT2D eigenvalue weighted by molar-refractivity contribution is -0.387. The van der Waals surface area contributed by atoms with Crippen LogP contribution in [0.15, 0.2) is 23.1 Å². The summed E-state index contributed by atoms with van der Waals surface area (Å²) in [5.41, 5.74) is 4.64. The lowest BCUT2D eigenvalue weighted by Crippen LogP contribution is -2.47. The van der Waals surface area contributed by atoms with E-state index >= 15 is 0 Å². The van der Waals surface area contributed by atoms with Gasteiger partial charge in [-0.3, -0.25) is 10.1 Å². The summed E-state index contributed by atoms with van der Waals surface area (Å²) in [6, 6.07) is 3.53. The number of hydrogen-bond acceptors (Lipinski definition) is 5. The molecule has 0 heterocycles. The predicted molar refractivity (Wildman–Crippen MR) is 81.4 cm³/mol. The van der Waals surface area contributed by atoms with E-state index < -0.39 is 31.1 Å². The Balaban J connectivity index is 3.38. The van der Waals surface area contributed by atoms with Crippen molar-refractivity contribution in [3.8, 4) is 0 Å². The van der Waals surface area contributed by atoms with Crippen LogP contribution >= 0.6 is 0 Å². The van der Waals surface area contributed by atoms with Gasteiger partial charge in [-0.2, -0.15) is 0 Å². The molecule has 0 atom stereocenters. The summed E-state index contributed by atoms with van der Waals surface area (Å²) >= 11 is 0. The Morgan fingerprint density at radius 2 is 1.76 bits per heavy atom. The van der Waals surface area contributed by atoms with E-state index in [1.165, 1.54) is 6.07 Å². The number of sulfonamides is 1. The fraction of sp³-hybridized carbons (Fsp3) is 0.538. The fourth-order valence-corrected chi connectivity index (χ4v) is 4.03. The molecule has 21 heavy (non-hydrogen) atoms. The minimum Gasteiger partial charge on any atom is -0.399 e. The fourth-order valence-electron chi connectivity index (χ4n) is 2.20. The molecule has 1 rings (SSSR count). The number of nitro groups is 1. The minimum absolute atomic E-state index is 0.163. The molecule has 0 aliphatic rings. The molecule has 118 valence electrons. The third-order valence-corrected chi connectivity index (χ3v) is 5.46. The van der Waals surface area contributed by atoms with E-state index in [-0.39, 0.29) is 5.69 Å². The normalized spacial score (nSPS) is 12.3. The van der Waals surface area contributed by atoms with Crippen LogP contribution in [-0.2, 0) is 10.0 Å². The maximum Gasteiger partial charge on any atom is 0.289 e. The summed E-state index contributed by atoms with van der Waals surface area (Å²) in [7, 11) is -4.02. The molecular formula is C13H21N3O4S. The molecule has 0 bridgehead atoms. The van der Waals surface area contributed by atoms with Crippen molar-refractivity contribution >= 4 is 21.4 Å². The van der Waals surface area contributed by atoms with Gasteiger partial charge in [0, 0.05) is 17.3 Å². The average molecular weight is 315 g/mol. The number of rotatable bonds is 7. The summed E-state index contributed by atoms with van der Waals surface area (Å²) in [5, 5.41) is 11.0. The number of nitrogens with two attached hydrogens (primary N) is 1. The molecule has 0 spiro atoms. The minimum atomic E-state index is -4.02. The Morgan fingerprint density at radius 1 is 1.24 bits per heavy atom. The van der Waals surface area contributed by atoms with Gasteiger partial charge in [-0.15, -0.1) is 0 Å². The van der Waals surface area contributed by atoms with Gasteiger partial charge in [0.25, 0.3) is 5.69 Å². The quantitative estimate of drug-likeness (QED) is 0.455. The highest BCUT2D eigenvalue weighted by Crippen LogP contribution is 2.29. The van der Waals surface area contributed by atoms with E-state index in [1.807, 2.05) is 20.8 Å². The van der Waals surface area contributed by atoms with E-state index in [1.54, 1.807) is 0 Å². The van der Waals surface area contributed by atoms with Gasteiger partial charge in [-0.05, 0) is 31.4 Å². The molecule has 1 aromatic rings. The number of nitrogens with one attached hydrogen (secondary N) is 1. The van der Waals surface area contributed by atoms with Crippen molar-refractivity contribution in [1.29, 1.82) is 0 Å². The van der Waals surface area contributed by atoms with Crippen LogP contribution < -0.4 is 10.5 Å². The van der Waals surface area contributed by atoms with Gasteiger partial charge in [-0.1, -0.05) is 20.8 Å². The van der Waals surface area contributed by atoms with E-state index in [4.69, 9.17) is 5.73 Å². The Bertz CT molecular complexity index is 616. The van der Waals surface area contributed by atoms with Crippen molar-refractivity contribution in [2.24, 2.45) is 0 Å². The van der Waals surface area contributed by atoms with Crippen LogP contribution in [0.3, 0.4) is 0 Å². The predicted octanol–water partition coefficient (Wildman–Crippen LogP) is 2.42. The lowest BCUT2D eigenvalue weighted by atomic mass is 9.91. The summed E-state index contributed by atoms with van der Waals surface area (Å²) in [6.07, 6.45) is 1.78. The first-order chi connectivity index (χ1) is 9.71. The van der Waals surface area contributed by atoms with Crippen LogP contribution in [-0.4, -0.2) is 18.9 Å². The van der Waals surface area contributed by atoms with Crippen molar-refractivity contribution < 1.29 is 13.3 Å². The van der Waals surface area contributed by atoms with E-state index in [2.05, 4.69) is 4.72 Å². The second-order valence-corrected chi connectivity index (χ2v) is 6.58. The van der Waals surface area contributed by atoms with Crippen molar-refractivity contribution in [3.63, 3.8) is 0 Å². The molecule has 0 saturated carbocycles. The molecule has 0 aromatic heterocycles. The van der Waals surface area contributed by atoms with Crippen molar-refractivity contribution in [3.05, 3.63) is 28.3 Å². The molecule has 0 fully saturated rings. The second kappa shape index (κ2) is 6.40. The van der Waals surface area contributed by atoms with Crippen LogP contribution in [0.1, 0.15) is 40.0 Å². The highest BCUT2D eigenvalue weighted by molar-refractivity contribution is 7.89. The van der Waals surface area contributed by atoms with Crippen molar-refractivity contribution in [2.45, 2.75) is 50.5 Å². The number of nitrogens with zero attached hydrogens (tertiary/aromatic N) is 1. The summed E-state index contributed by atoms with van der Waals surface area (Å²) in [4.78, 5) is 9.91. The average Bonchev–Trinajstić information content (AvgIpc) is 2.44. The standard InChI is InChI=1S/C13H21N3O4S/c1-4-13(5-2,6-3)15-21(19,20)12-9-10(14)7-8-11(12)16(17)18/h7-9,15H,4-6,14H2,1-3H3. The largest absolute Gasteiger partial charge is 0.399 e. The van der Waals surface area contributed by atoms with Crippen molar-refractivity contribution in [1.82, 2.24) is 4.72 Å². The third-order valence-electron chi connectivity index (χ3n) is 3.85. The van der Waals surface area contributed by atoms with Gasteiger partial charge >= 0.3 is 0 Å². The molecule has 1 aromatic carbocycles. The van der Waals surface area contributed by atoms with Gasteiger partial charge < -0.3 is 5.73 Å². The van der Waals surface area contributed by atoms with Gasteiger partial charge in [0.15, 0.2) is 4.90 Å². The van der Waals surface area contributed by atoms with E-state index in [0.29, 0.717) is 19.3 Å². The maximum absolute atomic E-state index is 12.5. The Morgan fingerprint density at radius 3 is 2.19 bits per heavy atom. The Kier molecular flexibility index (Phi) is 5.30. The Hall–Kier alpha value is -1.67. The zero-order chi connectivity index (χ0) is 16.3. The summed E-state index contributed by atoms with van der Waals surface area (Å²) in [5.74, 6) is 0. The van der Waals surface area contributed by atoms with Gasteiger partial charge in [0.1, 0.15) is 0 Å². The monoisotopic (exact) mass is 315 g/mol. The number of nitrogen functional groups attached to an aromatic ring is 1. The first-order valence-corrected chi connectivity index (χ1v) is 8.27. The molecule has 0 aliphatic carbocycles. The zero-order valence-corrected chi connectivity index (χ0v) is 13.2. The van der Waals surface area contributed by atoms with E-state index in [9.17, 15) is 18.5 Å². The molecule has 0 saturated heterocycles. The van der Waals surface area contributed by atoms with Crippen molar-refractivity contribution in [2.75, 3.05) is 5.73 Å². The highest BCUT2D eigenvalue weighted by atomic mass is 32.2. The molecule has 3 N–H and O–H groups in total. The summed E-state index contributed by atoms with van der Waals surface area (Å²) < 4.78 is 27.7. The van der Waals surface area contributed by atoms with E-state index in [0.717, 1.165) is 12.1 Å². The van der Waals surface area contributed by atoms with Crippen LogP contribution in [0.5, 0.6) is 0 Å². The molecule has 7 nitrogen and oxygen atoms in total. The van der Waals surface area contributed by atoms with Crippen LogP contribution in [0.25, 0.3) is 0 Å². The van der Waals surface area contributed by atoms with Gasteiger partial charge in [0.2, 0.25) is 10.0 Å². The molecule has 0 radical (unpaired) electrons. The zero-order valence-electron chi connectivity index (χ0n) is 12.4. The molecular weight excluding hydrogens is 294 g/mol. The van der Waals surface area contributed by atoms with Gasteiger partial charge in [-0.25, -0.2) is 13.1 Å². The van der Waals surface area contributed by atoms with Crippen LogP contribution in [0.2, 0.25) is 0 Å². The number of hydrogen-bond donors (Lipinski definition) is 2. The lowest BCUT2D eigenvalue weighted by Gasteiger charge is -2.31. The molecule has 0 aliphatic heterocycles. The van der Waals surface area contributed by atoms with Crippen LogP contribution in [0.4, 0.5) is 11.4 Å². The smallest absolute Gasteiger partial charge is 0.289 e. The second-order valence-electron chi connectivity index (χ2n) is 4.93. The summed E-state index contributed by atoms with van der Waals surface area (Å²) in [6.45, 7) is 5.63. The molecule has 0 unspecified atom stereocenters. The number of benzene rings is 1. The van der Waals surface area contributed by atoms with Crippen LogP contribution in [0, 0.1) is 10.1 Å². The maximum atomic E-state index is 12.5. The third kappa shape index (κ3) is 3.70. The SMILES string of the molecule is CCC(CC)(CC)NS(=O)(=O)c1cc(N)ccc1[N+](=O)[O-]. The first-order valence-electron chi connectivity index (χ1n) is 6.79. The molecule has 8 heteroatoms. The van der Waals surface area contributed by atoms with Gasteiger partial charge in [0.05, 0.1) is 4.92 Å². The molecule has 0 amide bonds. The number of nitro benzene ring substituents is 1. The number of anilines is 1. The first kappa shape index (κ1) is 17.4. The highest BCUT2D eigenvalue weighted by Gasteiger charge is 2.34.